The lowest BCUT2D eigenvalue weighted by atomic mass is 9.64. The normalized spacial score (nSPS) is 12.9. The predicted molar refractivity (Wildman–Crippen MR) is 73.7 cm³/mol. The minimum absolute atomic E-state index is 0.102. The van der Waals surface area contributed by atoms with Crippen molar-refractivity contribution in [3.8, 4) is 17.6 Å². The van der Waals surface area contributed by atoms with Crippen molar-refractivity contribution in [3.63, 3.8) is 0 Å². The molecule has 4 heteroatoms. The maximum atomic E-state index is 9.04. The van der Waals surface area contributed by atoms with Gasteiger partial charge in [-0.1, -0.05) is 25.0 Å². The van der Waals surface area contributed by atoms with Crippen LogP contribution in [0.25, 0.3) is 0 Å². The van der Waals surface area contributed by atoms with E-state index in [0.717, 1.165) is 11.2 Å². The Bertz CT molecular complexity index is 663. The Morgan fingerprint density at radius 1 is 1.26 bits per heavy atom. The van der Waals surface area contributed by atoms with Gasteiger partial charge >= 0.3 is 6.92 Å². The van der Waals surface area contributed by atoms with Crippen molar-refractivity contribution in [1.29, 1.82) is 5.26 Å². The van der Waals surface area contributed by atoms with E-state index in [4.69, 9.17) is 14.7 Å². The van der Waals surface area contributed by atoms with E-state index in [-0.39, 0.29) is 6.92 Å². The van der Waals surface area contributed by atoms with Gasteiger partial charge < -0.3 is 9.39 Å². The summed E-state index contributed by atoms with van der Waals surface area (Å²) >= 11 is 0. The lowest BCUT2D eigenvalue weighted by Crippen LogP contribution is -2.24. The van der Waals surface area contributed by atoms with Crippen molar-refractivity contribution in [2.45, 2.75) is 13.4 Å². The number of nitriles is 1. The quantitative estimate of drug-likeness (QED) is 0.768. The van der Waals surface area contributed by atoms with Crippen molar-refractivity contribution in [3.05, 3.63) is 53.6 Å². The van der Waals surface area contributed by atoms with Gasteiger partial charge in [-0.15, -0.1) is 0 Å². The Kier molecular flexibility index (Phi) is 2.98. The van der Waals surface area contributed by atoms with Gasteiger partial charge in [-0.05, 0) is 35.3 Å². The fraction of sp³-hybridized carbons (Fsp3) is 0.133. The van der Waals surface area contributed by atoms with Gasteiger partial charge in [-0.2, -0.15) is 5.26 Å². The predicted octanol–water partition coefficient (Wildman–Crippen LogP) is 2.71. The van der Waals surface area contributed by atoms with E-state index in [1.54, 1.807) is 12.1 Å². The third-order valence-electron chi connectivity index (χ3n) is 3.28. The molecule has 19 heavy (non-hydrogen) atoms. The SMILES string of the molecule is CB1OCc2ccc(Oc3ccccc3C#N)cc21. The molecular weight excluding hydrogens is 237 g/mol. The van der Waals surface area contributed by atoms with Gasteiger partial charge in [-0.25, -0.2) is 0 Å². The van der Waals surface area contributed by atoms with E-state index in [9.17, 15) is 0 Å². The van der Waals surface area contributed by atoms with Crippen LogP contribution in [-0.2, 0) is 11.3 Å². The van der Waals surface area contributed by atoms with Crippen molar-refractivity contribution < 1.29 is 9.39 Å². The molecule has 0 unspecified atom stereocenters. The van der Waals surface area contributed by atoms with Crippen molar-refractivity contribution in [2.75, 3.05) is 0 Å². The van der Waals surface area contributed by atoms with Crippen molar-refractivity contribution in [1.82, 2.24) is 0 Å². The Balaban J connectivity index is 1.92. The number of para-hydroxylation sites is 1. The van der Waals surface area contributed by atoms with Crippen molar-refractivity contribution in [2.24, 2.45) is 0 Å². The average Bonchev–Trinajstić information content (AvgIpc) is 2.81. The lowest BCUT2D eigenvalue weighted by molar-refractivity contribution is 0.333. The molecule has 0 atom stereocenters. The van der Waals surface area contributed by atoms with E-state index in [1.807, 2.05) is 37.2 Å². The molecule has 0 saturated heterocycles. The van der Waals surface area contributed by atoms with E-state index < -0.39 is 0 Å². The highest BCUT2D eigenvalue weighted by atomic mass is 16.5. The fourth-order valence-electron chi connectivity index (χ4n) is 2.23. The molecule has 1 aliphatic heterocycles. The van der Waals surface area contributed by atoms with E-state index >= 15 is 0 Å². The average molecular weight is 249 g/mol. The van der Waals surface area contributed by atoms with Crippen molar-refractivity contribution >= 4 is 12.4 Å². The van der Waals surface area contributed by atoms with Gasteiger partial charge in [0.2, 0.25) is 0 Å². The largest absolute Gasteiger partial charge is 0.456 e. The zero-order valence-electron chi connectivity index (χ0n) is 10.6. The van der Waals surface area contributed by atoms with Crippen LogP contribution in [0.1, 0.15) is 11.1 Å². The number of fused-ring (bicyclic) bond motifs is 1. The minimum atomic E-state index is 0.102. The van der Waals surface area contributed by atoms with Crippen LogP contribution >= 0.6 is 0 Å². The highest BCUT2D eigenvalue weighted by Gasteiger charge is 2.23. The second kappa shape index (κ2) is 4.79. The van der Waals surface area contributed by atoms with Gasteiger partial charge in [0.25, 0.3) is 0 Å². The molecule has 1 heterocycles. The van der Waals surface area contributed by atoms with E-state index in [0.29, 0.717) is 17.9 Å². The molecule has 0 fully saturated rings. The molecule has 92 valence electrons. The van der Waals surface area contributed by atoms with Crippen LogP contribution in [0.5, 0.6) is 11.5 Å². The van der Waals surface area contributed by atoms with E-state index in [2.05, 4.69) is 6.07 Å². The molecular formula is C15H12BNO2. The second-order valence-electron chi connectivity index (χ2n) is 4.52. The molecule has 0 N–H and O–H groups in total. The molecule has 0 aliphatic carbocycles. The monoisotopic (exact) mass is 249 g/mol. The summed E-state index contributed by atoms with van der Waals surface area (Å²) in [6.07, 6.45) is 0. The maximum absolute atomic E-state index is 9.04. The first-order valence-corrected chi connectivity index (χ1v) is 6.19. The molecule has 2 aromatic rings. The maximum Gasteiger partial charge on any atom is 0.324 e. The van der Waals surface area contributed by atoms with Crippen LogP contribution < -0.4 is 10.2 Å². The highest BCUT2D eigenvalue weighted by molar-refractivity contribution is 6.67. The van der Waals surface area contributed by atoms with Crippen LogP contribution in [0.2, 0.25) is 6.82 Å². The number of nitrogens with zero attached hydrogens (tertiary/aromatic N) is 1. The summed E-state index contributed by atoms with van der Waals surface area (Å²) in [6.45, 7) is 2.79. The number of ether oxygens (including phenoxy) is 1. The summed E-state index contributed by atoms with van der Waals surface area (Å²) in [5.41, 5.74) is 2.90. The third kappa shape index (κ3) is 2.21. The molecule has 0 radical (unpaired) electrons. The molecule has 0 spiro atoms. The first-order chi connectivity index (χ1) is 9.28. The van der Waals surface area contributed by atoms with Crippen LogP contribution in [0.3, 0.4) is 0 Å². The summed E-state index contributed by atoms with van der Waals surface area (Å²) in [4.78, 5) is 0. The molecule has 3 rings (SSSR count). The Labute approximate surface area is 112 Å². The summed E-state index contributed by atoms with van der Waals surface area (Å²) in [7, 11) is 0. The second-order valence-corrected chi connectivity index (χ2v) is 4.52. The number of hydrogen-bond acceptors (Lipinski definition) is 3. The smallest absolute Gasteiger partial charge is 0.324 e. The molecule has 0 amide bonds. The lowest BCUT2D eigenvalue weighted by Gasteiger charge is -2.09. The first kappa shape index (κ1) is 11.8. The van der Waals surface area contributed by atoms with Crippen LogP contribution in [0.15, 0.2) is 42.5 Å². The van der Waals surface area contributed by atoms with Gasteiger partial charge in [0, 0.05) is 0 Å². The number of rotatable bonds is 2. The van der Waals surface area contributed by atoms with Gasteiger partial charge in [0.15, 0.2) is 0 Å². The summed E-state index contributed by atoms with van der Waals surface area (Å²) in [5, 5.41) is 9.04. The Hall–Kier alpha value is -2.25. The Morgan fingerprint density at radius 2 is 2.11 bits per heavy atom. The third-order valence-corrected chi connectivity index (χ3v) is 3.28. The fourth-order valence-corrected chi connectivity index (χ4v) is 2.23. The Morgan fingerprint density at radius 3 is 2.95 bits per heavy atom. The molecule has 0 bridgehead atoms. The summed E-state index contributed by atoms with van der Waals surface area (Å²) in [6, 6.07) is 15.3. The van der Waals surface area contributed by atoms with Gasteiger partial charge in [0.1, 0.15) is 17.6 Å². The van der Waals surface area contributed by atoms with Crippen LogP contribution in [0, 0.1) is 11.3 Å². The van der Waals surface area contributed by atoms with Gasteiger partial charge in [0.05, 0.1) is 12.2 Å². The summed E-state index contributed by atoms with van der Waals surface area (Å²) in [5.74, 6) is 1.32. The summed E-state index contributed by atoms with van der Waals surface area (Å²) < 4.78 is 11.4. The molecule has 1 aliphatic rings. The highest BCUT2D eigenvalue weighted by Crippen LogP contribution is 2.25. The number of hydrogen-bond donors (Lipinski definition) is 0. The van der Waals surface area contributed by atoms with Crippen LogP contribution in [0.4, 0.5) is 0 Å². The molecule has 0 saturated carbocycles. The molecule has 3 nitrogen and oxygen atoms in total. The molecule has 0 aromatic heterocycles. The molecule has 2 aromatic carbocycles. The zero-order chi connectivity index (χ0) is 13.2. The topological polar surface area (TPSA) is 42.2 Å². The zero-order valence-corrected chi connectivity index (χ0v) is 10.6. The minimum Gasteiger partial charge on any atom is -0.456 e. The van der Waals surface area contributed by atoms with E-state index in [1.165, 1.54) is 5.56 Å². The first-order valence-electron chi connectivity index (χ1n) is 6.19. The van der Waals surface area contributed by atoms with Gasteiger partial charge in [-0.3, -0.25) is 0 Å². The number of benzene rings is 2. The standard InChI is InChI=1S/C15H12BNO2/c1-16-14-8-13(7-6-12(14)10-18-16)19-15-5-3-2-4-11(15)9-17/h2-8H,10H2,1H3. The van der Waals surface area contributed by atoms with Crippen LogP contribution in [-0.4, -0.2) is 6.92 Å².